The van der Waals surface area contributed by atoms with E-state index in [-0.39, 0.29) is 23.8 Å². The first kappa shape index (κ1) is 17.6. The van der Waals surface area contributed by atoms with Gasteiger partial charge in [-0.1, -0.05) is 6.07 Å². The normalized spacial score (nSPS) is 24.3. The van der Waals surface area contributed by atoms with Crippen LogP contribution < -0.4 is 10.5 Å². The minimum atomic E-state index is -0.795. The second-order valence-electron chi connectivity index (χ2n) is 6.30. The Balaban J connectivity index is 1.70. The Hall–Kier alpha value is -2.19. The van der Waals surface area contributed by atoms with Crippen molar-refractivity contribution in [1.82, 2.24) is 9.80 Å². The standard InChI is InChI=1S/C17H22FN3O4/c1-24-13-4-2-3-12(14(13)18)15(22)20-6-8-21(9-7-20)17(16(19)23)5-10-25-11-17/h2-4H,5-11H2,1H3,(H2,19,23). The lowest BCUT2D eigenvalue weighted by Crippen LogP contribution is -2.63. The van der Waals surface area contributed by atoms with Gasteiger partial charge in [0.15, 0.2) is 11.6 Å². The smallest absolute Gasteiger partial charge is 0.257 e. The summed E-state index contributed by atoms with van der Waals surface area (Å²) in [5.41, 5.74) is 4.79. The molecule has 2 N–H and O–H groups in total. The third kappa shape index (κ3) is 3.07. The highest BCUT2D eigenvalue weighted by atomic mass is 19.1. The van der Waals surface area contributed by atoms with Gasteiger partial charge in [0.2, 0.25) is 5.91 Å². The van der Waals surface area contributed by atoms with Gasteiger partial charge in [-0.15, -0.1) is 0 Å². The van der Waals surface area contributed by atoms with Crippen LogP contribution >= 0.6 is 0 Å². The highest BCUT2D eigenvalue weighted by Gasteiger charge is 2.47. The maximum Gasteiger partial charge on any atom is 0.257 e. The average molecular weight is 351 g/mol. The molecule has 2 heterocycles. The molecular formula is C17H22FN3O4. The molecule has 2 saturated heterocycles. The van der Waals surface area contributed by atoms with E-state index in [1.54, 1.807) is 11.0 Å². The number of methoxy groups -OCH3 is 1. The molecule has 0 spiro atoms. The predicted molar refractivity (Wildman–Crippen MR) is 87.8 cm³/mol. The maximum atomic E-state index is 14.3. The van der Waals surface area contributed by atoms with E-state index in [1.165, 1.54) is 19.2 Å². The van der Waals surface area contributed by atoms with E-state index >= 15 is 0 Å². The molecule has 3 rings (SSSR count). The molecule has 2 amide bonds. The van der Waals surface area contributed by atoms with Crippen LogP contribution in [0.3, 0.4) is 0 Å². The van der Waals surface area contributed by atoms with Crippen LogP contribution in [0.2, 0.25) is 0 Å². The first-order chi connectivity index (χ1) is 12.0. The van der Waals surface area contributed by atoms with Crippen LogP contribution in [0.1, 0.15) is 16.8 Å². The molecule has 1 unspecified atom stereocenters. The molecule has 7 nitrogen and oxygen atoms in total. The molecule has 1 aromatic rings. The fourth-order valence-electron chi connectivity index (χ4n) is 3.50. The molecule has 2 fully saturated rings. The summed E-state index contributed by atoms with van der Waals surface area (Å²) in [4.78, 5) is 28.1. The van der Waals surface area contributed by atoms with Crippen LogP contribution in [-0.2, 0) is 9.53 Å². The van der Waals surface area contributed by atoms with E-state index in [4.69, 9.17) is 15.2 Å². The number of carbonyl (C=O) groups excluding carboxylic acids is 2. The molecule has 25 heavy (non-hydrogen) atoms. The SMILES string of the molecule is COc1cccc(C(=O)N2CCN(C3(C(N)=O)CCOC3)CC2)c1F. The van der Waals surface area contributed by atoms with Crippen LogP contribution in [-0.4, -0.2) is 73.7 Å². The third-order valence-electron chi connectivity index (χ3n) is 5.05. The Morgan fingerprint density at radius 3 is 2.56 bits per heavy atom. The van der Waals surface area contributed by atoms with Crippen molar-refractivity contribution < 1.29 is 23.5 Å². The lowest BCUT2D eigenvalue weighted by Gasteiger charge is -2.43. The molecule has 136 valence electrons. The number of primary amides is 1. The highest BCUT2D eigenvalue weighted by molar-refractivity contribution is 5.95. The molecule has 2 aliphatic heterocycles. The summed E-state index contributed by atoms with van der Waals surface area (Å²) in [6, 6.07) is 4.51. The summed E-state index contributed by atoms with van der Waals surface area (Å²) in [6.07, 6.45) is 0.556. The second kappa shape index (κ2) is 6.97. The fourth-order valence-corrected chi connectivity index (χ4v) is 3.50. The first-order valence-electron chi connectivity index (χ1n) is 8.24. The summed E-state index contributed by atoms with van der Waals surface area (Å²) in [6.45, 7) is 2.54. The van der Waals surface area contributed by atoms with Crippen molar-refractivity contribution in [3.8, 4) is 5.75 Å². The number of carbonyl (C=O) groups is 2. The van der Waals surface area contributed by atoms with Crippen LogP contribution in [0.25, 0.3) is 0 Å². The third-order valence-corrected chi connectivity index (χ3v) is 5.05. The number of benzene rings is 1. The van der Waals surface area contributed by atoms with Crippen LogP contribution in [0, 0.1) is 5.82 Å². The number of piperazine rings is 1. The number of halogens is 1. The van der Waals surface area contributed by atoms with Gasteiger partial charge in [0.25, 0.3) is 5.91 Å². The zero-order chi connectivity index (χ0) is 18.0. The second-order valence-corrected chi connectivity index (χ2v) is 6.30. The molecular weight excluding hydrogens is 329 g/mol. The van der Waals surface area contributed by atoms with Crippen LogP contribution in [0.4, 0.5) is 4.39 Å². The van der Waals surface area contributed by atoms with Gasteiger partial charge in [-0.2, -0.15) is 0 Å². The van der Waals surface area contributed by atoms with Crippen molar-refractivity contribution in [3.05, 3.63) is 29.6 Å². The summed E-state index contributed by atoms with van der Waals surface area (Å²) < 4.78 is 24.6. The minimum absolute atomic E-state index is 0.0124. The van der Waals surface area contributed by atoms with E-state index in [9.17, 15) is 14.0 Å². The molecule has 0 saturated carbocycles. The molecule has 0 radical (unpaired) electrons. The number of rotatable bonds is 4. The van der Waals surface area contributed by atoms with Crippen molar-refractivity contribution in [2.24, 2.45) is 5.73 Å². The van der Waals surface area contributed by atoms with E-state index in [0.717, 1.165) is 0 Å². The summed E-state index contributed by atoms with van der Waals surface area (Å²) in [5.74, 6) is -1.40. The summed E-state index contributed by atoms with van der Waals surface area (Å²) in [5, 5.41) is 0. The lowest BCUT2D eigenvalue weighted by molar-refractivity contribution is -0.131. The highest BCUT2D eigenvalue weighted by Crippen LogP contribution is 2.28. The van der Waals surface area contributed by atoms with Gasteiger partial charge < -0.3 is 20.1 Å². The largest absolute Gasteiger partial charge is 0.494 e. The van der Waals surface area contributed by atoms with Crippen molar-refractivity contribution in [1.29, 1.82) is 0 Å². The zero-order valence-corrected chi connectivity index (χ0v) is 14.2. The van der Waals surface area contributed by atoms with Gasteiger partial charge in [-0.05, 0) is 12.1 Å². The van der Waals surface area contributed by atoms with Gasteiger partial charge in [0, 0.05) is 39.2 Å². The number of nitrogens with zero attached hydrogens (tertiary/aromatic N) is 2. The van der Waals surface area contributed by atoms with E-state index in [2.05, 4.69) is 0 Å². The van der Waals surface area contributed by atoms with Crippen molar-refractivity contribution >= 4 is 11.8 Å². The Morgan fingerprint density at radius 2 is 2.00 bits per heavy atom. The summed E-state index contributed by atoms with van der Waals surface area (Å²) >= 11 is 0. The number of hydrogen-bond donors (Lipinski definition) is 1. The number of ether oxygens (including phenoxy) is 2. The summed E-state index contributed by atoms with van der Waals surface area (Å²) in [7, 11) is 1.36. The van der Waals surface area contributed by atoms with Gasteiger partial charge in [0.05, 0.1) is 19.3 Å². The van der Waals surface area contributed by atoms with Gasteiger partial charge in [-0.25, -0.2) is 4.39 Å². The molecule has 1 aromatic carbocycles. The van der Waals surface area contributed by atoms with E-state index in [0.29, 0.717) is 39.2 Å². The zero-order valence-electron chi connectivity index (χ0n) is 14.2. The first-order valence-corrected chi connectivity index (χ1v) is 8.24. The molecule has 8 heteroatoms. The molecule has 2 aliphatic rings. The molecule has 1 atom stereocenters. The van der Waals surface area contributed by atoms with Crippen LogP contribution in [0.5, 0.6) is 5.75 Å². The molecule has 0 aromatic heterocycles. The quantitative estimate of drug-likeness (QED) is 0.840. The van der Waals surface area contributed by atoms with Crippen molar-refractivity contribution in [3.63, 3.8) is 0 Å². The van der Waals surface area contributed by atoms with Gasteiger partial charge in [0.1, 0.15) is 5.54 Å². The van der Waals surface area contributed by atoms with Gasteiger partial charge in [-0.3, -0.25) is 14.5 Å². The van der Waals surface area contributed by atoms with Crippen LogP contribution in [0.15, 0.2) is 18.2 Å². The number of amides is 2. The van der Waals surface area contributed by atoms with E-state index in [1.807, 2.05) is 4.90 Å². The molecule has 0 aliphatic carbocycles. The minimum Gasteiger partial charge on any atom is -0.494 e. The average Bonchev–Trinajstić information content (AvgIpc) is 3.13. The lowest BCUT2D eigenvalue weighted by atomic mass is 9.94. The Morgan fingerprint density at radius 1 is 1.28 bits per heavy atom. The number of hydrogen-bond acceptors (Lipinski definition) is 5. The maximum absolute atomic E-state index is 14.3. The molecule has 0 bridgehead atoms. The monoisotopic (exact) mass is 351 g/mol. The van der Waals surface area contributed by atoms with E-state index < -0.39 is 17.3 Å². The topological polar surface area (TPSA) is 85.1 Å². The Kier molecular flexibility index (Phi) is 4.91. The number of nitrogens with two attached hydrogens (primary N) is 1. The fraction of sp³-hybridized carbons (Fsp3) is 0.529. The predicted octanol–water partition coefficient (Wildman–Crippen LogP) is 0.237. The van der Waals surface area contributed by atoms with Gasteiger partial charge >= 0.3 is 0 Å². The Bertz CT molecular complexity index is 668. The van der Waals surface area contributed by atoms with Crippen molar-refractivity contribution in [2.75, 3.05) is 46.5 Å². The Labute approximate surface area is 145 Å². The van der Waals surface area contributed by atoms with Crippen molar-refractivity contribution in [2.45, 2.75) is 12.0 Å².